The first kappa shape index (κ1) is 61.0. The van der Waals surface area contributed by atoms with Gasteiger partial charge in [0, 0.05) is 100 Å². The normalized spacial score (nSPS) is 17.2. The minimum atomic E-state index is -5.10. The molecule has 6 N–H and O–H groups in total. The van der Waals surface area contributed by atoms with Gasteiger partial charge in [-0.2, -0.15) is 38.2 Å². The number of hydrogen-bond acceptors (Lipinski definition) is 22. The van der Waals surface area contributed by atoms with Crippen LogP contribution in [0.2, 0.25) is 0 Å². The number of anilines is 1. The smallest absolute Gasteiger partial charge is 0.344 e. The van der Waals surface area contributed by atoms with Crippen LogP contribution in [0.3, 0.4) is 0 Å². The highest BCUT2D eigenvalue weighted by molar-refractivity contribution is 7.95. The molecule has 0 saturated carbocycles. The van der Waals surface area contributed by atoms with Crippen molar-refractivity contribution < 1.29 is 105 Å². The van der Waals surface area contributed by atoms with Gasteiger partial charge < -0.3 is 9.74 Å². The summed E-state index contributed by atoms with van der Waals surface area (Å²) in [7, 11) is -19.5. The van der Waals surface area contributed by atoms with Crippen molar-refractivity contribution in [1.29, 1.82) is 0 Å². The Hall–Kier alpha value is -6.05. The summed E-state index contributed by atoms with van der Waals surface area (Å²) in [5.74, 6) is -2.94. The standard InChI is InChI=1S/C49H48N4O22S6/c1-48(2)42(52(20-6-22-78(59,60)61)37-13-10-32-34(45(37)48)23-30(79(62,63)64)25-39(32)77-75-73-58)16-9-28(36-12-7-29(27-50-36)47(56)71-53-43(54)17-18-44(53)55)8-15-41-49(3,4)46-35-24-31(80(65,66)67)26-40(81(68,69)70)33(35)11-14-38(46)51(41)19-5-21-76-74-72-57/h7-16,23-27H,5-6,17-22H2,1-4H3,(H5-,57,58,59,60,61,62,63,64,65,66,67,68,69,70)/p+1. The van der Waals surface area contributed by atoms with Crippen LogP contribution >= 0.6 is 24.1 Å². The van der Waals surface area contributed by atoms with Gasteiger partial charge in [-0.25, -0.2) is 15.3 Å². The Bertz CT molecular complexity index is 4010. The van der Waals surface area contributed by atoms with Crippen LogP contribution < -0.4 is 4.90 Å². The second kappa shape index (κ2) is 23.3. The second-order valence-corrected chi connectivity index (χ2v) is 26.7. The van der Waals surface area contributed by atoms with Crippen molar-refractivity contribution in [2.45, 2.75) is 83.8 Å². The van der Waals surface area contributed by atoms with Gasteiger partial charge in [-0.15, -0.1) is 13.7 Å². The maximum Gasteiger partial charge on any atom is 0.365 e. The van der Waals surface area contributed by atoms with Gasteiger partial charge in [-0.05, 0) is 103 Å². The van der Waals surface area contributed by atoms with Gasteiger partial charge in [0.1, 0.15) is 11.4 Å². The number of carbonyl (C=O) groups is 3. The van der Waals surface area contributed by atoms with E-state index in [0.29, 0.717) is 68.9 Å². The molecule has 4 aromatic carbocycles. The van der Waals surface area contributed by atoms with Crippen molar-refractivity contribution in [3.8, 4) is 0 Å². The third kappa shape index (κ3) is 12.8. The Morgan fingerprint density at radius 3 is 2.00 bits per heavy atom. The van der Waals surface area contributed by atoms with E-state index < -0.39 is 89.5 Å². The molecule has 0 atom stereocenters. The van der Waals surface area contributed by atoms with Gasteiger partial charge in [-0.3, -0.25) is 32.8 Å². The molecule has 8 rings (SSSR count). The number of nitrogens with zero attached hydrogens (tertiary/aromatic N) is 4. The van der Waals surface area contributed by atoms with Crippen molar-refractivity contribution in [3.63, 3.8) is 0 Å². The Labute approximate surface area is 471 Å². The van der Waals surface area contributed by atoms with Crippen molar-refractivity contribution in [1.82, 2.24) is 10.0 Å². The molecule has 1 aromatic heterocycles. The van der Waals surface area contributed by atoms with E-state index in [4.69, 9.17) is 15.4 Å². The number of benzene rings is 4. The van der Waals surface area contributed by atoms with E-state index in [-0.39, 0.29) is 76.0 Å². The molecule has 32 heteroatoms. The summed E-state index contributed by atoms with van der Waals surface area (Å²) in [6.07, 6.45) is 7.60. The number of amides is 2. The number of rotatable bonds is 22. The van der Waals surface area contributed by atoms with Gasteiger partial charge in [0.15, 0.2) is 5.71 Å². The van der Waals surface area contributed by atoms with Gasteiger partial charge in [0.05, 0.1) is 44.3 Å². The molecular formula is C49H49N4O22S6+. The van der Waals surface area contributed by atoms with Crippen LogP contribution in [-0.4, -0.2) is 125 Å². The summed E-state index contributed by atoms with van der Waals surface area (Å²) in [5, 5.41) is 26.3. The predicted molar refractivity (Wildman–Crippen MR) is 290 cm³/mol. The Morgan fingerprint density at radius 2 is 1.40 bits per heavy atom. The van der Waals surface area contributed by atoms with Gasteiger partial charge in [0.25, 0.3) is 52.3 Å². The Kier molecular flexibility index (Phi) is 17.6. The fourth-order valence-electron chi connectivity index (χ4n) is 10.2. The number of fused-ring (bicyclic) bond motifs is 6. The average molecular weight is 1240 g/mol. The summed E-state index contributed by atoms with van der Waals surface area (Å²) in [5.41, 5.74) is 0.632. The van der Waals surface area contributed by atoms with Crippen LogP contribution in [0, 0.1) is 0 Å². The van der Waals surface area contributed by atoms with E-state index in [9.17, 15) is 66.3 Å². The fourth-order valence-corrected chi connectivity index (χ4v) is 13.5. The molecule has 0 radical (unpaired) electrons. The molecule has 3 aliphatic rings. The average Bonchev–Trinajstić information content (AvgIpc) is 4.14. The molecule has 3 aliphatic heterocycles. The maximum absolute atomic E-state index is 13.3. The monoisotopic (exact) mass is 1240 g/mol. The predicted octanol–water partition coefficient (Wildman–Crippen LogP) is 7.21. The summed E-state index contributed by atoms with van der Waals surface area (Å²) in [6.45, 7) is 7.21. The topological polar surface area (TPSA) is 378 Å². The molecule has 432 valence electrons. The molecule has 0 spiro atoms. The van der Waals surface area contributed by atoms with Crippen LogP contribution in [-0.2, 0) is 84.5 Å². The van der Waals surface area contributed by atoms with Crippen LogP contribution in [0.5, 0.6) is 0 Å². The number of pyridine rings is 1. The van der Waals surface area contributed by atoms with E-state index in [0.717, 1.165) is 30.4 Å². The van der Waals surface area contributed by atoms with E-state index in [1.165, 1.54) is 24.3 Å². The molecule has 5 aromatic rings. The van der Waals surface area contributed by atoms with Crippen molar-refractivity contribution in [3.05, 3.63) is 119 Å². The first-order valence-corrected chi connectivity index (χ1v) is 31.4. The molecule has 4 heterocycles. The van der Waals surface area contributed by atoms with Crippen LogP contribution in [0.1, 0.15) is 80.6 Å². The summed E-state index contributed by atoms with van der Waals surface area (Å²) < 4.78 is 152. The van der Waals surface area contributed by atoms with E-state index in [1.54, 1.807) is 74.8 Å². The van der Waals surface area contributed by atoms with Crippen molar-refractivity contribution in [2.24, 2.45) is 0 Å². The first-order valence-electron chi connectivity index (χ1n) is 23.8. The number of allylic oxidation sites excluding steroid dienone is 6. The molecule has 81 heavy (non-hydrogen) atoms. The zero-order valence-corrected chi connectivity index (χ0v) is 47.7. The third-order valence-corrected chi connectivity index (χ3v) is 18.2. The second-order valence-electron chi connectivity index (χ2n) is 19.4. The lowest BCUT2D eigenvalue weighted by molar-refractivity contribution is -0.437. The third-order valence-electron chi connectivity index (χ3n) is 13.6. The number of hydrogen-bond donors (Lipinski definition) is 6. The first-order chi connectivity index (χ1) is 37.9. The van der Waals surface area contributed by atoms with Crippen LogP contribution in [0.15, 0.2) is 116 Å². The summed E-state index contributed by atoms with van der Waals surface area (Å²) in [4.78, 5) is 47.3. The van der Waals surface area contributed by atoms with Gasteiger partial charge in [-0.1, -0.05) is 36.1 Å². The lowest BCUT2D eigenvalue weighted by atomic mass is 9.79. The zero-order valence-electron chi connectivity index (χ0n) is 42.8. The lowest BCUT2D eigenvalue weighted by Crippen LogP contribution is -2.32. The molecule has 2 amide bonds. The minimum Gasteiger partial charge on any atom is -0.344 e. The molecule has 1 saturated heterocycles. The van der Waals surface area contributed by atoms with E-state index in [2.05, 4.69) is 23.7 Å². The van der Waals surface area contributed by atoms with Gasteiger partial charge in [0.2, 0.25) is 5.69 Å². The van der Waals surface area contributed by atoms with Crippen molar-refractivity contribution >= 4 is 127 Å². The van der Waals surface area contributed by atoms with Crippen LogP contribution in [0.4, 0.5) is 11.4 Å². The number of hydroxylamine groups is 2. The van der Waals surface area contributed by atoms with Crippen LogP contribution in [0.25, 0.3) is 27.1 Å². The fraction of sp³-hybridized carbons (Fsp3) is 0.286. The molecule has 26 nitrogen and oxygen atoms in total. The van der Waals surface area contributed by atoms with E-state index >= 15 is 0 Å². The number of aromatic nitrogens is 1. The van der Waals surface area contributed by atoms with Crippen molar-refractivity contribution in [2.75, 3.05) is 29.5 Å². The Balaban J connectivity index is 1.34. The number of carbonyl (C=O) groups excluding carboxylic acids is 3. The highest BCUT2D eigenvalue weighted by Gasteiger charge is 2.47. The summed E-state index contributed by atoms with van der Waals surface area (Å²) in [6, 6.07) is 13.0. The molecular weight excluding hydrogens is 1190 g/mol. The zero-order chi connectivity index (χ0) is 59.2. The molecule has 0 bridgehead atoms. The lowest BCUT2D eigenvalue weighted by Gasteiger charge is -2.27. The summed E-state index contributed by atoms with van der Waals surface area (Å²) >= 11 is 1.21. The minimum absolute atomic E-state index is 0.0373. The highest BCUT2D eigenvalue weighted by Crippen LogP contribution is 2.52. The quantitative estimate of drug-likeness (QED) is 0.00582. The SMILES string of the molecule is CC1(C)C(/C=C/C(=C/C=C2/N(CCCSOOO)c3ccc4c(S(=O)(=O)O)cc(S(=O)(=O)O)cc4c3C2(C)C)c2ccc(C(=O)ON3C(=O)CCC3=O)cn2)=[N+](CCCS(=O)(=O)O)c2ccc3c(SOOO)cc(S(=O)(=O)O)cc3c21. The molecule has 0 unspecified atom stereocenters. The maximum atomic E-state index is 13.3. The Morgan fingerprint density at radius 1 is 0.753 bits per heavy atom. The molecule has 0 aliphatic carbocycles. The largest absolute Gasteiger partial charge is 0.365 e. The highest BCUT2D eigenvalue weighted by atomic mass is 32.2. The van der Waals surface area contributed by atoms with Gasteiger partial charge >= 0.3 is 5.97 Å². The molecule has 1 fully saturated rings. The number of imide groups is 1. The van der Waals surface area contributed by atoms with E-state index in [1.807, 2.05) is 4.90 Å².